The van der Waals surface area contributed by atoms with Crippen molar-refractivity contribution in [3.05, 3.63) is 72.0 Å². The number of ketones is 1. The van der Waals surface area contributed by atoms with Crippen molar-refractivity contribution in [3.8, 4) is 0 Å². The summed E-state index contributed by atoms with van der Waals surface area (Å²) in [5.41, 5.74) is 1.57. The smallest absolute Gasteiger partial charge is 0.159 e. The Hall–Kier alpha value is -2.68. The number of carbonyl (C=O) groups is 1. The van der Waals surface area contributed by atoms with Crippen LogP contribution in [0.1, 0.15) is 17.3 Å². The number of nitrogens with one attached hydrogen (secondary N) is 1. The van der Waals surface area contributed by atoms with Crippen molar-refractivity contribution in [2.45, 2.75) is 6.92 Å². The van der Waals surface area contributed by atoms with Gasteiger partial charge in [0.15, 0.2) is 5.78 Å². The van der Waals surface area contributed by atoms with E-state index in [2.05, 4.69) is 5.32 Å². The minimum absolute atomic E-state index is 0.0865. The average molecular weight is 279 g/mol. The second-order valence-electron chi connectivity index (χ2n) is 4.94. The maximum Gasteiger partial charge on any atom is 0.159 e. The summed E-state index contributed by atoms with van der Waals surface area (Å²) in [6, 6.07) is 18.1. The first-order chi connectivity index (χ1) is 10.1. The second kappa shape index (κ2) is 5.37. The molecule has 0 aliphatic rings. The molecule has 0 aromatic heterocycles. The fraction of sp³-hybridized carbons (Fsp3) is 0.0556. The summed E-state index contributed by atoms with van der Waals surface area (Å²) in [6.45, 7) is 1.47. The molecule has 0 saturated carbocycles. The van der Waals surface area contributed by atoms with Crippen LogP contribution in [0.5, 0.6) is 0 Å². The van der Waals surface area contributed by atoms with Crippen molar-refractivity contribution in [3.63, 3.8) is 0 Å². The van der Waals surface area contributed by atoms with E-state index >= 15 is 0 Å². The van der Waals surface area contributed by atoms with Crippen LogP contribution >= 0.6 is 0 Å². The zero-order chi connectivity index (χ0) is 14.8. The van der Waals surface area contributed by atoms with Gasteiger partial charge >= 0.3 is 0 Å². The molecule has 0 aliphatic carbocycles. The normalized spacial score (nSPS) is 10.6. The summed E-state index contributed by atoms with van der Waals surface area (Å²) in [5, 5.41) is 5.23. The summed E-state index contributed by atoms with van der Waals surface area (Å²) >= 11 is 0. The van der Waals surface area contributed by atoms with E-state index < -0.39 is 0 Å². The van der Waals surface area contributed by atoms with Crippen LogP contribution in [0, 0.1) is 5.82 Å². The van der Waals surface area contributed by atoms with Gasteiger partial charge in [0.05, 0.1) is 5.69 Å². The van der Waals surface area contributed by atoms with Gasteiger partial charge in [-0.1, -0.05) is 30.3 Å². The fourth-order valence-corrected chi connectivity index (χ4v) is 2.26. The molecular weight excluding hydrogens is 265 g/mol. The van der Waals surface area contributed by atoms with Crippen LogP contribution < -0.4 is 5.32 Å². The van der Waals surface area contributed by atoms with Gasteiger partial charge in [0.2, 0.25) is 0 Å². The van der Waals surface area contributed by atoms with Crippen LogP contribution in [0.15, 0.2) is 60.7 Å². The first kappa shape index (κ1) is 13.3. The van der Waals surface area contributed by atoms with Gasteiger partial charge in [-0.15, -0.1) is 0 Å². The van der Waals surface area contributed by atoms with Crippen LogP contribution in [0.2, 0.25) is 0 Å². The highest BCUT2D eigenvalue weighted by molar-refractivity contribution is 5.95. The lowest BCUT2D eigenvalue weighted by atomic mass is 10.1. The topological polar surface area (TPSA) is 29.1 Å². The van der Waals surface area contributed by atoms with E-state index in [1.807, 2.05) is 42.5 Å². The second-order valence-corrected chi connectivity index (χ2v) is 4.94. The molecule has 3 aromatic rings. The summed E-state index contributed by atoms with van der Waals surface area (Å²) < 4.78 is 13.9. The van der Waals surface area contributed by atoms with Crippen LogP contribution in [0.25, 0.3) is 10.8 Å². The molecule has 0 heterocycles. The van der Waals surface area contributed by atoms with E-state index in [0.29, 0.717) is 11.3 Å². The van der Waals surface area contributed by atoms with E-state index in [9.17, 15) is 9.18 Å². The molecule has 21 heavy (non-hydrogen) atoms. The lowest BCUT2D eigenvalue weighted by molar-refractivity contribution is 0.101. The molecule has 0 radical (unpaired) electrons. The average Bonchev–Trinajstić information content (AvgIpc) is 2.49. The van der Waals surface area contributed by atoms with E-state index in [1.54, 1.807) is 0 Å². The highest BCUT2D eigenvalue weighted by atomic mass is 19.1. The Morgan fingerprint density at radius 1 is 0.952 bits per heavy atom. The maximum atomic E-state index is 13.9. The summed E-state index contributed by atoms with van der Waals surface area (Å²) in [5.74, 6) is -0.468. The first-order valence-corrected chi connectivity index (χ1v) is 6.70. The predicted octanol–water partition coefficient (Wildman–Crippen LogP) is 4.93. The van der Waals surface area contributed by atoms with Gasteiger partial charge in [0.25, 0.3) is 0 Å². The number of fused-ring (bicyclic) bond motifs is 1. The van der Waals surface area contributed by atoms with Crippen molar-refractivity contribution in [1.82, 2.24) is 0 Å². The van der Waals surface area contributed by atoms with Crippen molar-refractivity contribution in [2.75, 3.05) is 5.32 Å². The molecule has 3 aromatic carbocycles. The molecule has 104 valence electrons. The summed E-state index contributed by atoms with van der Waals surface area (Å²) in [4.78, 5) is 11.4. The zero-order valence-corrected chi connectivity index (χ0v) is 11.6. The number of anilines is 2. The molecule has 3 rings (SSSR count). The summed E-state index contributed by atoms with van der Waals surface area (Å²) in [7, 11) is 0. The maximum absolute atomic E-state index is 13.9. The number of Topliss-reactive ketones (excluding diaryl/α,β-unsaturated/α-hetero) is 1. The molecule has 0 aliphatic heterocycles. The summed E-state index contributed by atoms with van der Waals surface area (Å²) in [6.07, 6.45) is 0. The molecule has 0 atom stereocenters. The van der Waals surface area contributed by atoms with Gasteiger partial charge in [-0.05, 0) is 48.0 Å². The number of halogens is 1. The van der Waals surface area contributed by atoms with E-state index in [0.717, 1.165) is 16.5 Å². The molecule has 0 amide bonds. The number of hydrogen-bond acceptors (Lipinski definition) is 2. The van der Waals surface area contributed by atoms with Crippen LogP contribution in [0.4, 0.5) is 15.8 Å². The van der Waals surface area contributed by atoms with Gasteiger partial charge in [-0.25, -0.2) is 4.39 Å². The van der Waals surface area contributed by atoms with Gasteiger partial charge in [0, 0.05) is 11.3 Å². The quantitative estimate of drug-likeness (QED) is 0.689. The van der Waals surface area contributed by atoms with Gasteiger partial charge in [-0.2, -0.15) is 0 Å². The third-order valence-electron chi connectivity index (χ3n) is 3.40. The molecule has 1 N–H and O–H groups in total. The molecule has 0 spiro atoms. The Bertz CT molecular complexity index is 826. The molecular formula is C18H14FNO. The molecule has 0 bridgehead atoms. The third kappa shape index (κ3) is 2.77. The lowest BCUT2D eigenvalue weighted by Gasteiger charge is -2.10. The standard InChI is InChI=1S/C18H14FNO/c1-12(21)14-7-9-17(19)18(11-14)20-16-8-6-13-4-2-3-5-15(13)10-16/h2-11,20H,1H3. The lowest BCUT2D eigenvalue weighted by Crippen LogP contribution is -1.98. The van der Waals surface area contributed by atoms with Gasteiger partial charge in [-0.3, -0.25) is 4.79 Å². The highest BCUT2D eigenvalue weighted by Crippen LogP contribution is 2.24. The number of carbonyl (C=O) groups excluding carboxylic acids is 1. The van der Waals surface area contributed by atoms with Gasteiger partial charge < -0.3 is 5.32 Å². The van der Waals surface area contributed by atoms with Crippen LogP contribution in [-0.4, -0.2) is 5.78 Å². The van der Waals surface area contributed by atoms with Crippen molar-refractivity contribution in [2.24, 2.45) is 0 Å². The minimum Gasteiger partial charge on any atom is -0.353 e. The zero-order valence-electron chi connectivity index (χ0n) is 11.6. The van der Waals surface area contributed by atoms with E-state index in [-0.39, 0.29) is 11.6 Å². The Balaban J connectivity index is 1.98. The Morgan fingerprint density at radius 3 is 2.48 bits per heavy atom. The SMILES string of the molecule is CC(=O)c1ccc(F)c(Nc2ccc3ccccc3c2)c1. The van der Waals surface area contributed by atoms with Crippen molar-refractivity contribution >= 4 is 27.9 Å². The fourth-order valence-electron chi connectivity index (χ4n) is 2.26. The number of benzene rings is 3. The Morgan fingerprint density at radius 2 is 1.71 bits per heavy atom. The van der Waals surface area contributed by atoms with E-state index in [4.69, 9.17) is 0 Å². The molecule has 2 nitrogen and oxygen atoms in total. The van der Waals surface area contributed by atoms with Crippen LogP contribution in [0.3, 0.4) is 0 Å². The first-order valence-electron chi connectivity index (χ1n) is 6.70. The molecule has 0 fully saturated rings. The molecule has 0 saturated heterocycles. The van der Waals surface area contributed by atoms with Gasteiger partial charge in [0.1, 0.15) is 5.82 Å². The molecule has 0 unspecified atom stereocenters. The van der Waals surface area contributed by atoms with Crippen molar-refractivity contribution in [1.29, 1.82) is 0 Å². The van der Waals surface area contributed by atoms with Crippen LogP contribution in [-0.2, 0) is 0 Å². The number of hydrogen-bond donors (Lipinski definition) is 1. The highest BCUT2D eigenvalue weighted by Gasteiger charge is 2.07. The monoisotopic (exact) mass is 279 g/mol. The van der Waals surface area contributed by atoms with E-state index in [1.165, 1.54) is 25.1 Å². The largest absolute Gasteiger partial charge is 0.353 e. The number of rotatable bonds is 3. The Kier molecular flexibility index (Phi) is 3.40. The van der Waals surface area contributed by atoms with Crippen molar-refractivity contribution < 1.29 is 9.18 Å². The Labute approximate surface area is 122 Å². The molecule has 3 heteroatoms. The minimum atomic E-state index is -0.381. The third-order valence-corrected chi connectivity index (χ3v) is 3.40. The predicted molar refractivity (Wildman–Crippen MR) is 83.6 cm³/mol.